The summed E-state index contributed by atoms with van der Waals surface area (Å²) in [5.41, 5.74) is 1.19. The van der Waals surface area contributed by atoms with E-state index in [1.54, 1.807) is 25.1 Å². The molecule has 2 aromatic rings. The molecule has 0 radical (unpaired) electrons. The largest absolute Gasteiger partial charge is 0.480 e. The third kappa shape index (κ3) is 5.73. The molecule has 0 bridgehead atoms. The molecule has 0 unspecified atom stereocenters. The van der Waals surface area contributed by atoms with Gasteiger partial charge in [0.25, 0.3) is 11.8 Å². The van der Waals surface area contributed by atoms with Crippen molar-refractivity contribution in [2.24, 2.45) is 0 Å². The van der Waals surface area contributed by atoms with Crippen LogP contribution in [-0.2, 0) is 25.5 Å². The van der Waals surface area contributed by atoms with E-state index in [0.717, 1.165) is 4.90 Å². The highest BCUT2D eigenvalue weighted by atomic mass is 79.9. The Bertz CT molecular complexity index is 1190. The first-order valence-electron chi connectivity index (χ1n) is 10.1. The lowest BCUT2D eigenvalue weighted by Crippen LogP contribution is -2.54. The summed E-state index contributed by atoms with van der Waals surface area (Å²) in [7, 11) is 0. The van der Waals surface area contributed by atoms with Gasteiger partial charge in [0.15, 0.2) is 6.61 Å². The van der Waals surface area contributed by atoms with Gasteiger partial charge in [0.1, 0.15) is 11.3 Å². The summed E-state index contributed by atoms with van der Waals surface area (Å²) < 4.78 is 11.0. The second kappa shape index (κ2) is 11.1. The highest BCUT2D eigenvalue weighted by Gasteiger charge is 2.36. The SMILES string of the molecule is C=CCc1cc(/C=C2\C(=O)NC(=O)N(c3ccc(Cl)cc3)C2=O)cc(Br)c1OCC(=O)OCC. The molecule has 0 saturated carbocycles. The average Bonchev–Trinajstić information content (AvgIpc) is 2.77. The molecule has 1 heterocycles. The van der Waals surface area contributed by atoms with Crippen molar-refractivity contribution in [2.45, 2.75) is 13.3 Å². The van der Waals surface area contributed by atoms with Crippen LogP contribution in [0.25, 0.3) is 6.08 Å². The lowest BCUT2D eigenvalue weighted by Gasteiger charge is -2.26. The normalized spacial score (nSPS) is 14.7. The van der Waals surface area contributed by atoms with Crippen molar-refractivity contribution >= 4 is 63.1 Å². The molecule has 10 heteroatoms. The summed E-state index contributed by atoms with van der Waals surface area (Å²) in [6.45, 7) is 5.38. The zero-order valence-electron chi connectivity index (χ0n) is 18.1. The Hall–Kier alpha value is -3.43. The summed E-state index contributed by atoms with van der Waals surface area (Å²) in [5, 5.41) is 2.61. The zero-order valence-corrected chi connectivity index (χ0v) is 20.4. The van der Waals surface area contributed by atoms with Gasteiger partial charge in [-0.05, 0) is 82.9 Å². The quantitative estimate of drug-likeness (QED) is 0.227. The van der Waals surface area contributed by atoms with Gasteiger partial charge < -0.3 is 9.47 Å². The topological polar surface area (TPSA) is 102 Å². The number of allylic oxidation sites excluding steroid dienone is 1. The highest BCUT2D eigenvalue weighted by molar-refractivity contribution is 9.10. The molecule has 1 fully saturated rings. The first kappa shape index (κ1) is 25.2. The Balaban J connectivity index is 1.96. The van der Waals surface area contributed by atoms with Crippen LogP contribution in [0.1, 0.15) is 18.1 Å². The minimum atomic E-state index is -0.856. The Morgan fingerprint density at radius 2 is 1.91 bits per heavy atom. The fourth-order valence-corrected chi connectivity index (χ4v) is 3.97. The summed E-state index contributed by atoms with van der Waals surface area (Å²) in [5.74, 6) is -1.70. The number of carbonyl (C=O) groups is 4. The van der Waals surface area contributed by atoms with Crippen molar-refractivity contribution in [3.8, 4) is 5.75 Å². The summed E-state index contributed by atoms with van der Waals surface area (Å²) in [6.07, 6.45) is 3.41. The maximum absolute atomic E-state index is 13.1. The molecular formula is C24H20BrClN2O6. The summed E-state index contributed by atoms with van der Waals surface area (Å²) >= 11 is 9.30. The number of urea groups is 1. The van der Waals surface area contributed by atoms with Crippen molar-refractivity contribution < 1.29 is 28.7 Å². The molecule has 1 aliphatic heterocycles. The van der Waals surface area contributed by atoms with Crippen LogP contribution >= 0.6 is 27.5 Å². The maximum Gasteiger partial charge on any atom is 0.344 e. The molecule has 8 nitrogen and oxygen atoms in total. The van der Waals surface area contributed by atoms with Gasteiger partial charge in [-0.2, -0.15) is 0 Å². The minimum Gasteiger partial charge on any atom is -0.480 e. The maximum atomic E-state index is 13.1. The van der Waals surface area contributed by atoms with Crippen LogP contribution < -0.4 is 15.0 Å². The predicted octanol–water partition coefficient (Wildman–Crippen LogP) is 4.44. The highest BCUT2D eigenvalue weighted by Crippen LogP contribution is 2.33. The number of benzene rings is 2. The van der Waals surface area contributed by atoms with Crippen LogP contribution in [0.15, 0.2) is 59.1 Å². The van der Waals surface area contributed by atoms with Gasteiger partial charge >= 0.3 is 12.0 Å². The molecule has 34 heavy (non-hydrogen) atoms. The zero-order chi connectivity index (χ0) is 24.8. The predicted molar refractivity (Wildman–Crippen MR) is 131 cm³/mol. The van der Waals surface area contributed by atoms with Crippen molar-refractivity contribution in [1.29, 1.82) is 0 Å². The monoisotopic (exact) mass is 546 g/mol. The van der Waals surface area contributed by atoms with Crippen molar-refractivity contribution in [3.63, 3.8) is 0 Å². The number of amides is 4. The molecule has 0 atom stereocenters. The van der Waals surface area contributed by atoms with Gasteiger partial charge in [-0.1, -0.05) is 17.7 Å². The molecule has 2 aromatic carbocycles. The van der Waals surface area contributed by atoms with E-state index in [-0.39, 0.29) is 24.5 Å². The van der Waals surface area contributed by atoms with E-state index < -0.39 is 23.8 Å². The van der Waals surface area contributed by atoms with E-state index in [4.69, 9.17) is 21.1 Å². The van der Waals surface area contributed by atoms with E-state index in [0.29, 0.717) is 32.8 Å². The molecule has 1 N–H and O–H groups in total. The van der Waals surface area contributed by atoms with E-state index in [9.17, 15) is 19.2 Å². The van der Waals surface area contributed by atoms with E-state index in [1.807, 2.05) is 0 Å². The molecule has 0 aromatic heterocycles. The second-order valence-electron chi connectivity index (χ2n) is 7.01. The van der Waals surface area contributed by atoms with Crippen LogP contribution in [0.3, 0.4) is 0 Å². The van der Waals surface area contributed by atoms with Gasteiger partial charge in [0.2, 0.25) is 0 Å². The number of halogens is 2. The molecule has 1 aliphatic rings. The third-order valence-electron chi connectivity index (χ3n) is 4.64. The molecular weight excluding hydrogens is 528 g/mol. The fraction of sp³-hybridized carbons (Fsp3) is 0.167. The standard InChI is InChI=1S/C24H20BrClN2O6/c1-3-5-15-10-14(12-19(25)21(15)34-13-20(29)33-4-2)11-18-22(30)27-24(32)28(23(18)31)17-8-6-16(26)7-9-17/h3,6-12H,1,4-5,13H2,2H3,(H,27,30,32)/b18-11+. The minimum absolute atomic E-state index is 0.230. The number of nitrogens with zero attached hydrogens (tertiary/aromatic N) is 1. The molecule has 3 rings (SSSR count). The number of barbiturate groups is 1. The first-order valence-corrected chi connectivity index (χ1v) is 11.3. The Kier molecular flexibility index (Phi) is 8.25. The van der Waals surface area contributed by atoms with Crippen LogP contribution in [0.5, 0.6) is 5.75 Å². The number of esters is 1. The van der Waals surface area contributed by atoms with Gasteiger partial charge in [0, 0.05) is 5.02 Å². The number of hydrogen-bond donors (Lipinski definition) is 1. The smallest absolute Gasteiger partial charge is 0.344 e. The lowest BCUT2D eigenvalue weighted by atomic mass is 10.0. The van der Waals surface area contributed by atoms with Crippen LogP contribution in [0, 0.1) is 0 Å². The fourth-order valence-electron chi connectivity index (χ4n) is 3.21. The molecule has 0 aliphatic carbocycles. The van der Waals surface area contributed by atoms with Crippen LogP contribution in [-0.4, -0.2) is 37.0 Å². The van der Waals surface area contributed by atoms with E-state index in [1.165, 1.54) is 30.3 Å². The Morgan fingerprint density at radius 3 is 2.56 bits per heavy atom. The second-order valence-corrected chi connectivity index (χ2v) is 8.30. The number of nitrogens with one attached hydrogen (secondary N) is 1. The Morgan fingerprint density at radius 1 is 1.21 bits per heavy atom. The molecule has 1 saturated heterocycles. The van der Waals surface area contributed by atoms with Crippen molar-refractivity contribution in [3.05, 3.63) is 75.2 Å². The van der Waals surface area contributed by atoms with Gasteiger partial charge in [0.05, 0.1) is 16.8 Å². The van der Waals surface area contributed by atoms with E-state index in [2.05, 4.69) is 27.8 Å². The van der Waals surface area contributed by atoms with Crippen molar-refractivity contribution in [1.82, 2.24) is 5.32 Å². The van der Waals surface area contributed by atoms with Crippen LogP contribution in [0.2, 0.25) is 5.02 Å². The number of ether oxygens (including phenoxy) is 2. The first-order chi connectivity index (χ1) is 16.2. The number of imide groups is 2. The number of rotatable bonds is 8. The number of carbonyl (C=O) groups excluding carboxylic acids is 4. The third-order valence-corrected chi connectivity index (χ3v) is 5.49. The van der Waals surface area contributed by atoms with Gasteiger partial charge in [-0.3, -0.25) is 14.9 Å². The van der Waals surface area contributed by atoms with E-state index >= 15 is 0 Å². The van der Waals surface area contributed by atoms with Gasteiger partial charge in [-0.15, -0.1) is 6.58 Å². The number of anilines is 1. The summed E-state index contributed by atoms with van der Waals surface area (Å²) in [4.78, 5) is 50.4. The van der Waals surface area contributed by atoms with Crippen molar-refractivity contribution in [2.75, 3.05) is 18.1 Å². The number of hydrogen-bond acceptors (Lipinski definition) is 6. The van der Waals surface area contributed by atoms with Crippen LogP contribution in [0.4, 0.5) is 10.5 Å². The lowest BCUT2D eigenvalue weighted by molar-refractivity contribution is -0.145. The molecule has 0 spiro atoms. The summed E-state index contributed by atoms with van der Waals surface area (Å²) in [6, 6.07) is 8.54. The Labute approximate surface area is 209 Å². The average molecular weight is 548 g/mol. The molecule has 176 valence electrons. The van der Waals surface area contributed by atoms with Gasteiger partial charge in [-0.25, -0.2) is 14.5 Å². The molecule has 4 amide bonds.